The lowest BCUT2D eigenvalue weighted by Crippen LogP contribution is -2.58. The Morgan fingerprint density at radius 3 is 2.55 bits per heavy atom. The van der Waals surface area contributed by atoms with Gasteiger partial charge in [-0.1, -0.05) is 13.3 Å². The van der Waals surface area contributed by atoms with Crippen LogP contribution in [0.2, 0.25) is 0 Å². The van der Waals surface area contributed by atoms with Gasteiger partial charge in [0.05, 0.1) is 11.8 Å². The number of hydrogen-bond donors (Lipinski definition) is 1. The molecule has 0 aromatic heterocycles. The van der Waals surface area contributed by atoms with Crippen LogP contribution in [0.4, 0.5) is 0 Å². The maximum atomic E-state index is 11.8. The molecule has 1 aliphatic heterocycles. The molecule has 3 fully saturated rings. The van der Waals surface area contributed by atoms with Crippen LogP contribution in [-0.4, -0.2) is 22.6 Å². The maximum Gasteiger partial charge on any atom is 0.309 e. The first-order valence-electron chi connectivity index (χ1n) is 7.68. The van der Waals surface area contributed by atoms with Crippen molar-refractivity contribution in [2.45, 2.75) is 64.9 Å². The standard InChI is InChI=1S/C16H24O4/c1-14-6-4-7-15(2,13(18)19)10(14)5-8-16(3)11(14)9-12(17)20-16/h10-11H,4-9H2,1-3H3,(H,18,19). The summed E-state index contributed by atoms with van der Waals surface area (Å²) in [7, 11) is 0. The third-order valence-electron chi connectivity index (χ3n) is 6.65. The zero-order valence-corrected chi connectivity index (χ0v) is 12.6. The molecule has 112 valence electrons. The smallest absolute Gasteiger partial charge is 0.309 e. The molecule has 1 N–H and O–H groups in total. The largest absolute Gasteiger partial charge is 0.481 e. The van der Waals surface area contributed by atoms with Crippen molar-refractivity contribution in [1.82, 2.24) is 0 Å². The van der Waals surface area contributed by atoms with E-state index in [4.69, 9.17) is 4.74 Å². The fraction of sp³-hybridized carbons (Fsp3) is 0.875. The molecule has 2 aliphatic carbocycles. The molecule has 0 radical (unpaired) electrons. The highest BCUT2D eigenvalue weighted by atomic mass is 16.6. The van der Waals surface area contributed by atoms with E-state index in [1.165, 1.54) is 0 Å². The SMILES string of the molecule is CC12CCC3C(C)(C(=O)O)CCCC3(C)C1CC(=O)O2. The lowest BCUT2D eigenvalue weighted by atomic mass is 9.45. The third-order valence-corrected chi connectivity index (χ3v) is 6.65. The molecule has 4 nitrogen and oxygen atoms in total. The van der Waals surface area contributed by atoms with Crippen molar-refractivity contribution in [2.24, 2.45) is 22.7 Å². The number of aliphatic carboxylic acids is 1. The number of carbonyl (C=O) groups is 2. The van der Waals surface area contributed by atoms with Crippen LogP contribution in [0.15, 0.2) is 0 Å². The van der Waals surface area contributed by atoms with Crippen LogP contribution in [-0.2, 0) is 14.3 Å². The molecule has 0 spiro atoms. The molecule has 1 saturated heterocycles. The van der Waals surface area contributed by atoms with Crippen molar-refractivity contribution in [2.75, 3.05) is 0 Å². The van der Waals surface area contributed by atoms with E-state index in [2.05, 4.69) is 6.92 Å². The van der Waals surface area contributed by atoms with Crippen LogP contribution in [0, 0.1) is 22.7 Å². The van der Waals surface area contributed by atoms with E-state index in [0.717, 1.165) is 32.1 Å². The van der Waals surface area contributed by atoms with Crippen LogP contribution in [0.25, 0.3) is 0 Å². The summed E-state index contributed by atoms with van der Waals surface area (Å²) in [5.41, 5.74) is -1.12. The molecule has 0 aromatic carbocycles. The van der Waals surface area contributed by atoms with Gasteiger partial charge in [-0.25, -0.2) is 0 Å². The van der Waals surface area contributed by atoms with Crippen LogP contribution in [0.1, 0.15) is 59.3 Å². The van der Waals surface area contributed by atoms with Crippen LogP contribution in [0.3, 0.4) is 0 Å². The Labute approximate surface area is 119 Å². The van der Waals surface area contributed by atoms with Crippen LogP contribution < -0.4 is 0 Å². The summed E-state index contributed by atoms with van der Waals surface area (Å²) in [5, 5.41) is 9.71. The molecule has 2 saturated carbocycles. The van der Waals surface area contributed by atoms with Crippen molar-refractivity contribution >= 4 is 11.9 Å². The minimum atomic E-state index is -0.678. The van der Waals surface area contributed by atoms with Crippen LogP contribution in [0.5, 0.6) is 0 Å². The number of esters is 1. The van der Waals surface area contributed by atoms with Gasteiger partial charge < -0.3 is 9.84 Å². The second kappa shape index (κ2) is 3.99. The average molecular weight is 280 g/mol. The summed E-state index contributed by atoms with van der Waals surface area (Å²) in [4.78, 5) is 23.6. The Balaban J connectivity index is 2.02. The van der Waals surface area contributed by atoms with Crippen LogP contribution >= 0.6 is 0 Å². The van der Waals surface area contributed by atoms with E-state index >= 15 is 0 Å². The first-order valence-corrected chi connectivity index (χ1v) is 7.68. The van der Waals surface area contributed by atoms with E-state index in [1.54, 1.807) is 0 Å². The van der Waals surface area contributed by atoms with Gasteiger partial charge in [-0.3, -0.25) is 9.59 Å². The van der Waals surface area contributed by atoms with E-state index in [-0.39, 0.29) is 28.8 Å². The van der Waals surface area contributed by atoms with E-state index in [9.17, 15) is 14.7 Å². The zero-order chi connectivity index (χ0) is 14.8. The fourth-order valence-electron chi connectivity index (χ4n) is 5.58. The first kappa shape index (κ1) is 13.9. The predicted octanol–water partition coefficient (Wildman–Crippen LogP) is 3.00. The number of rotatable bonds is 1. The molecule has 3 aliphatic rings. The minimum Gasteiger partial charge on any atom is -0.481 e. The topological polar surface area (TPSA) is 63.6 Å². The number of hydrogen-bond acceptors (Lipinski definition) is 3. The summed E-state index contributed by atoms with van der Waals surface area (Å²) in [6, 6.07) is 0. The van der Waals surface area contributed by atoms with Crippen molar-refractivity contribution in [3.63, 3.8) is 0 Å². The molecule has 1 heterocycles. The number of fused-ring (bicyclic) bond motifs is 3. The normalized spacial score (nSPS) is 51.0. The van der Waals surface area contributed by atoms with Gasteiger partial charge in [-0.15, -0.1) is 0 Å². The number of ether oxygens (including phenoxy) is 1. The van der Waals surface area contributed by atoms with Gasteiger partial charge in [0.1, 0.15) is 5.60 Å². The molecule has 3 rings (SSSR count). The summed E-state index contributed by atoms with van der Waals surface area (Å²) < 4.78 is 5.61. The van der Waals surface area contributed by atoms with Crippen molar-refractivity contribution in [1.29, 1.82) is 0 Å². The highest BCUT2D eigenvalue weighted by Crippen LogP contribution is 2.65. The first-order chi connectivity index (χ1) is 9.22. The quantitative estimate of drug-likeness (QED) is 0.750. The van der Waals surface area contributed by atoms with Gasteiger partial charge >= 0.3 is 11.9 Å². The Kier molecular flexibility index (Phi) is 2.77. The minimum absolute atomic E-state index is 0.0927. The molecule has 5 atom stereocenters. The maximum absolute atomic E-state index is 11.8. The van der Waals surface area contributed by atoms with Gasteiger partial charge in [0.25, 0.3) is 0 Å². The highest BCUT2D eigenvalue weighted by molar-refractivity contribution is 5.76. The number of carboxylic acids is 1. The van der Waals surface area contributed by atoms with Crippen molar-refractivity contribution in [3.8, 4) is 0 Å². The Morgan fingerprint density at radius 2 is 1.90 bits per heavy atom. The van der Waals surface area contributed by atoms with Gasteiger partial charge in [-0.05, 0) is 50.9 Å². The van der Waals surface area contributed by atoms with Crippen molar-refractivity contribution in [3.05, 3.63) is 0 Å². The lowest BCUT2D eigenvalue weighted by Gasteiger charge is -2.58. The molecule has 4 heteroatoms. The molecule has 0 aromatic rings. The predicted molar refractivity (Wildman–Crippen MR) is 73.0 cm³/mol. The van der Waals surface area contributed by atoms with Gasteiger partial charge in [0, 0.05) is 5.92 Å². The molecule has 5 unspecified atom stereocenters. The molecular formula is C16H24O4. The summed E-state index contributed by atoms with van der Waals surface area (Å²) in [6.45, 7) is 6.14. The highest BCUT2D eigenvalue weighted by Gasteiger charge is 2.65. The molecule has 0 bridgehead atoms. The van der Waals surface area contributed by atoms with Gasteiger partial charge in [0.2, 0.25) is 0 Å². The molecular weight excluding hydrogens is 256 g/mol. The summed E-state index contributed by atoms with van der Waals surface area (Å²) >= 11 is 0. The molecule has 20 heavy (non-hydrogen) atoms. The Bertz CT molecular complexity index is 473. The second-order valence-electron chi connectivity index (χ2n) is 7.72. The average Bonchev–Trinajstić information content (AvgIpc) is 2.65. The second-order valence-corrected chi connectivity index (χ2v) is 7.72. The van der Waals surface area contributed by atoms with Gasteiger partial charge in [0.15, 0.2) is 0 Å². The summed E-state index contributed by atoms with van der Waals surface area (Å²) in [6.07, 6.45) is 4.79. The number of carboxylic acid groups (broad SMARTS) is 1. The van der Waals surface area contributed by atoms with E-state index < -0.39 is 11.4 Å². The third kappa shape index (κ3) is 1.60. The Hall–Kier alpha value is -1.06. The zero-order valence-electron chi connectivity index (χ0n) is 12.6. The monoisotopic (exact) mass is 280 g/mol. The lowest BCUT2D eigenvalue weighted by molar-refractivity contribution is -0.183. The van der Waals surface area contributed by atoms with Gasteiger partial charge in [-0.2, -0.15) is 0 Å². The van der Waals surface area contributed by atoms with Crippen molar-refractivity contribution < 1.29 is 19.4 Å². The fourth-order valence-corrected chi connectivity index (χ4v) is 5.58. The Morgan fingerprint density at radius 1 is 1.20 bits per heavy atom. The van der Waals surface area contributed by atoms with E-state index in [0.29, 0.717) is 6.42 Å². The molecule has 0 amide bonds. The number of carbonyl (C=O) groups excluding carboxylic acids is 1. The summed E-state index contributed by atoms with van der Waals surface area (Å²) in [5.74, 6) is -0.474. The van der Waals surface area contributed by atoms with E-state index in [1.807, 2.05) is 13.8 Å².